The fourth-order valence-corrected chi connectivity index (χ4v) is 1.89. The third-order valence-electron chi connectivity index (χ3n) is 3.04. The minimum absolute atomic E-state index is 0.603. The molecular formula is C10H19B. The van der Waals surface area contributed by atoms with E-state index in [0.29, 0.717) is 5.41 Å². The number of rotatable bonds is 1. The number of hydrogen-bond donors (Lipinski definition) is 0. The first kappa shape index (κ1) is 9.03. The van der Waals surface area contributed by atoms with Crippen molar-refractivity contribution in [3.8, 4) is 0 Å². The van der Waals surface area contributed by atoms with Crippen LogP contribution in [-0.2, 0) is 0 Å². The molecule has 62 valence electrons. The van der Waals surface area contributed by atoms with Crippen molar-refractivity contribution in [2.24, 2.45) is 11.3 Å². The van der Waals surface area contributed by atoms with Crippen molar-refractivity contribution < 1.29 is 0 Å². The van der Waals surface area contributed by atoms with Crippen LogP contribution in [0, 0.1) is 11.3 Å². The van der Waals surface area contributed by atoms with E-state index in [4.69, 9.17) is 0 Å². The molecule has 0 spiro atoms. The van der Waals surface area contributed by atoms with E-state index in [9.17, 15) is 0 Å². The molecule has 0 aromatic rings. The SMILES string of the molecule is B=C(C)C1CCC(C)(C)CC1. The molecule has 0 saturated heterocycles. The van der Waals surface area contributed by atoms with Crippen LogP contribution < -0.4 is 0 Å². The van der Waals surface area contributed by atoms with Gasteiger partial charge >= 0.3 is 70.7 Å². The van der Waals surface area contributed by atoms with Gasteiger partial charge in [0.25, 0.3) is 0 Å². The van der Waals surface area contributed by atoms with Gasteiger partial charge in [-0.25, -0.2) is 0 Å². The van der Waals surface area contributed by atoms with E-state index in [1.807, 2.05) is 0 Å². The third kappa shape index (κ3) is 2.46. The summed E-state index contributed by atoms with van der Waals surface area (Å²) < 4.78 is 0. The zero-order valence-electron chi connectivity index (χ0n) is 8.11. The van der Waals surface area contributed by atoms with Crippen LogP contribution in [0.15, 0.2) is 0 Å². The van der Waals surface area contributed by atoms with E-state index < -0.39 is 0 Å². The maximum absolute atomic E-state index is 4.03. The van der Waals surface area contributed by atoms with Gasteiger partial charge in [-0.1, -0.05) is 0 Å². The fraction of sp³-hybridized carbons (Fsp3) is 0.900. The summed E-state index contributed by atoms with van der Waals surface area (Å²) >= 11 is 0. The van der Waals surface area contributed by atoms with Crippen molar-refractivity contribution in [1.82, 2.24) is 0 Å². The van der Waals surface area contributed by atoms with E-state index in [1.54, 1.807) is 0 Å². The Labute approximate surface area is 71.5 Å². The summed E-state index contributed by atoms with van der Waals surface area (Å²) in [6.45, 7) is 6.92. The molecule has 0 N–H and O–H groups in total. The van der Waals surface area contributed by atoms with Crippen LogP contribution in [0.4, 0.5) is 0 Å². The van der Waals surface area contributed by atoms with Crippen LogP contribution in [0.1, 0.15) is 46.5 Å². The molecule has 0 unspecified atom stereocenters. The topological polar surface area (TPSA) is 0 Å². The third-order valence-corrected chi connectivity index (χ3v) is 3.04. The average molecular weight is 150 g/mol. The Hall–Kier alpha value is -0.0651. The van der Waals surface area contributed by atoms with Gasteiger partial charge in [-0.05, 0) is 0 Å². The van der Waals surface area contributed by atoms with E-state index in [-0.39, 0.29) is 0 Å². The van der Waals surface area contributed by atoms with Crippen molar-refractivity contribution in [2.75, 3.05) is 0 Å². The van der Waals surface area contributed by atoms with E-state index >= 15 is 0 Å². The van der Waals surface area contributed by atoms with Gasteiger partial charge < -0.3 is 0 Å². The predicted molar refractivity (Wildman–Crippen MR) is 53.6 cm³/mol. The molecular weight excluding hydrogens is 131 g/mol. The molecule has 0 aromatic carbocycles. The number of hydrogen-bond acceptors (Lipinski definition) is 0. The Bertz CT molecular complexity index is 148. The minimum atomic E-state index is 0.603. The quantitative estimate of drug-likeness (QED) is 0.503. The van der Waals surface area contributed by atoms with Gasteiger partial charge in [0.15, 0.2) is 0 Å². The van der Waals surface area contributed by atoms with Crippen LogP contribution in [-0.4, -0.2) is 13.0 Å². The van der Waals surface area contributed by atoms with Gasteiger partial charge in [-0.15, -0.1) is 0 Å². The van der Waals surface area contributed by atoms with Crippen LogP contribution >= 0.6 is 0 Å². The zero-order chi connectivity index (χ0) is 8.48. The summed E-state index contributed by atoms with van der Waals surface area (Å²) in [6, 6.07) is 0. The molecule has 1 aliphatic carbocycles. The molecule has 0 heterocycles. The van der Waals surface area contributed by atoms with E-state index in [1.165, 1.54) is 31.1 Å². The molecule has 1 rings (SSSR count). The Morgan fingerprint density at radius 2 is 1.73 bits per heavy atom. The van der Waals surface area contributed by atoms with Crippen molar-refractivity contribution in [2.45, 2.75) is 46.5 Å². The molecule has 0 radical (unpaired) electrons. The summed E-state index contributed by atoms with van der Waals surface area (Å²) in [5.74, 6) is 0.822. The monoisotopic (exact) mass is 150 g/mol. The summed E-state index contributed by atoms with van der Waals surface area (Å²) in [5.41, 5.74) is 1.99. The van der Waals surface area contributed by atoms with E-state index in [2.05, 4.69) is 28.3 Å². The maximum atomic E-state index is 4.03. The molecule has 11 heavy (non-hydrogen) atoms. The molecule has 1 saturated carbocycles. The van der Waals surface area contributed by atoms with Crippen LogP contribution in [0.2, 0.25) is 0 Å². The summed E-state index contributed by atoms with van der Waals surface area (Å²) in [6.07, 6.45) is 5.49. The molecule has 0 aliphatic heterocycles. The Kier molecular flexibility index (Phi) is 2.56. The molecule has 1 fully saturated rings. The van der Waals surface area contributed by atoms with Crippen molar-refractivity contribution in [3.05, 3.63) is 0 Å². The normalized spacial score (nSPS) is 24.9. The van der Waals surface area contributed by atoms with Crippen molar-refractivity contribution >= 4 is 13.0 Å². The summed E-state index contributed by atoms with van der Waals surface area (Å²) in [7, 11) is 4.03. The van der Waals surface area contributed by atoms with Crippen LogP contribution in [0.3, 0.4) is 0 Å². The van der Waals surface area contributed by atoms with Gasteiger partial charge in [0, 0.05) is 0 Å². The van der Waals surface area contributed by atoms with Gasteiger partial charge in [-0.3, -0.25) is 0 Å². The Balaban J connectivity index is 2.42. The Morgan fingerprint density at radius 1 is 1.27 bits per heavy atom. The van der Waals surface area contributed by atoms with Crippen LogP contribution in [0.25, 0.3) is 0 Å². The average Bonchev–Trinajstić information content (AvgIpc) is 1.86. The van der Waals surface area contributed by atoms with Crippen molar-refractivity contribution in [3.63, 3.8) is 0 Å². The molecule has 0 nitrogen and oxygen atoms in total. The van der Waals surface area contributed by atoms with Gasteiger partial charge in [0.2, 0.25) is 0 Å². The molecule has 0 aromatic heterocycles. The predicted octanol–water partition coefficient (Wildman–Crippen LogP) is 2.30. The zero-order valence-corrected chi connectivity index (χ0v) is 8.11. The van der Waals surface area contributed by atoms with Gasteiger partial charge in [0.1, 0.15) is 0 Å². The van der Waals surface area contributed by atoms with Crippen molar-refractivity contribution in [1.29, 1.82) is 0 Å². The first-order valence-corrected chi connectivity index (χ1v) is 4.67. The molecule has 1 heteroatoms. The van der Waals surface area contributed by atoms with Gasteiger partial charge in [-0.2, -0.15) is 0 Å². The standard InChI is InChI=1S/C10H19B/c1-8(11)9-4-6-10(2,3)7-5-9/h9,11H,4-7H2,1-3H3. The second kappa shape index (κ2) is 3.12. The molecule has 0 amide bonds. The Morgan fingerprint density at radius 3 is 2.09 bits per heavy atom. The second-order valence-corrected chi connectivity index (χ2v) is 4.78. The molecule has 1 aliphatic rings. The first-order chi connectivity index (χ1) is 5.01. The fourth-order valence-electron chi connectivity index (χ4n) is 1.89. The first-order valence-electron chi connectivity index (χ1n) is 4.67. The van der Waals surface area contributed by atoms with E-state index in [0.717, 1.165) is 5.92 Å². The molecule has 0 bridgehead atoms. The summed E-state index contributed by atoms with van der Waals surface area (Å²) in [4.78, 5) is 0. The summed E-state index contributed by atoms with van der Waals surface area (Å²) in [5, 5.41) is 0. The van der Waals surface area contributed by atoms with Crippen LogP contribution in [0.5, 0.6) is 0 Å². The molecule has 0 atom stereocenters. The van der Waals surface area contributed by atoms with Gasteiger partial charge in [0.05, 0.1) is 0 Å². The second-order valence-electron chi connectivity index (χ2n) is 4.78.